The molecule has 0 rings (SSSR count). The minimum Gasteiger partial charge on any atom is -0.469 e. The molecular formula is C12H21NO5. The highest BCUT2D eigenvalue weighted by Crippen LogP contribution is 2.11. The summed E-state index contributed by atoms with van der Waals surface area (Å²) in [5.41, 5.74) is -0.629. The van der Waals surface area contributed by atoms with Crippen molar-refractivity contribution in [2.75, 3.05) is 14.2 Å². The number of hydrogen-bond acceptors (Lipinski definition) is 5. The molecule has 1 amide bonds. The zero-order valence-electron chi connectivity index (χ0n) is 11.8. The first-order chi connectivity index (χ1) is 8.08. The summed E-state index contributed by atoms with van der Waals surface area (Å²) in [5.74, 6) is -1.01. The lowest BCUT2D eigenvalue weighted by molar-refractivity contribution is -0.144. The first kappa shape index (κ1) is 16.4. The summed E-state index contributed by atoms with van der Waals surface area (Å²) in [6.45, 7) is 6.74. The highest BCUT2D eigenvalue weighted by molar-refractivity contribution is 5.99. The predicted octanol–water partition coefficient (Wildman–Crippen LogP) is 1.37. The van der Waals surface area contributed by atoms with Crippen LogP contribution in [0.25, 0.3) is 0 Å². The number of hydrogen-bond donors (Lipinski definition) is 0. The minimum atomic E-state index is -0.737. The second-order valence-electron chi connectivity index (χ2n) is 4.99. The van der Waals surface area contributed by atoms with Crippen LogP contribution in [0.5, 0.6) is 0 Å². The summed E-state index contributed by atoms with van der Waals surface area (Å²) >= 11 is 0. The van der Waals surface area contributed by atoms with Gasteiger partial charge < -0.3 is 14.4 Å². The van der Waals surface area contributed by atoms with Crippen molar-refractivity contribution in [1.82, 2.24) is 4.90 Å². The summed E-state index contributed by atoms with van der Waals surface area (Å²) in [6, 6.07) is -0.737. The molecule has 0 spiro atoms. The maximum atomic E-state index is 11.7. The van der Waals surface area contributed by atoms with Gasteiger partial charge in [-0.15, -0.1) is 0 Å². The van der Waals surface area contributed by atoms with Crippen molar-refractivity contribution in [2.24, 2.45) is 0 Å². The Bertz CT molecular complexity index is 332. The maximum Gasteiger partial charge on any atom is 0.410 e. The molecule has 0 saturated carbocycles. The summed E-state index contributed by atoms with van der Waals surface area (Å²) in [6.07, 6.45) is -0.960. The molecule has 0 aliphatic carbocycles. The molecule has 18 heavy (non-hydrogen) atoms. The summed E-state index contributed by atoms with van der Waals surface area (Å²) in [7, 11) is 2.66. The Balaban J connectivity index is 4.50. The Labute approximate surface area is 107 Å². The Morgan fingerprint density at radius 2 is 1.72 bits per heavy atom. The van der Waals surface area contributed by atoms with E-state index in [1.165, 1.54) is 21.1 Å². The van der Waals surface area contributed by atoms with Crippen LogP contribution in [0.4, 0.5) is 4.79 Å². The van der Waals surface area contributed by atoms with Gasteiger partial charge in [-0.05, 0) is 27.7 Å². The molecule has 0 saturated heterocycles. The van der Waals surface area contributed by atoms with Gasteiger partial charge >= 0.3 is 12.1 Å². The lowest BCUT2D eigenvalue weighted by Crippen LogP contribution is -2.43. The van der Waals surface area contributed by atoms with Gasteiger partial charge in [0.05, 0.1) is 13.2 Å². The van der Waals surface area contributed by atoms with E-state index in [4.69, 9.17) is 4.74 Å². The number of Topliss-reactive ketones (excluding diaryl/α,β-unsaturated/α-hetero) is 1. The monoisotopic (exact) mass is 259 g/mol. The normalized spacial score (nSPS) is 12.6. The quantitative estimate of drug-likeness (QED) is 0.563. The molecule has 1 atom stereocenters. The van der Waals surface area contributed by atoms with E-state index in [2.05, 4.69) is 4.74 Å². The predicted molar refractivity (Wildman–Crippen MR) is 65.1 cm³/mol. The van der Waals surface area contributed by atoms with E-state index in [9.17, 15) is 14.4 Å². The molecule has 6 nitrogen and oxygen atoms in total. The zero-order chi connectivity index (χ0) is 14.5. The van der Waals surface area contributed by atoms with Gasteiger partial charge in [0.25, 0.3) is 0 Å². The van der Waals surface area contributed by atoms with Crippen molar-refractivity contribution >= 4 is 17.8 Å². The van der Waals surface area contributed by atoms with Crippen LogP contribution in [0.1, 0.15) is 34.1 Å². The molecule has 0 bridgehead atoms. The van der Waals surface area contributed by atoms with Crippen molar-refractivity contribution in [2.45, 2.75) is 45.8 Å². The van der Waals surface area contributed by atoms with Crippen molar-refractivity contribution in [3.05, 3.63) is 0 Å². The number of likely N-dealkylation sites (N-methyl/N-ethyl adjacent to an activating group) is 1. The fourth-order valence-corrected chi connectivity index (χ4v) is 1.07. The third-order valence-corrected chi connectivity index (χ3v) is 2.27. The SMILES string of the molecule is COC(=O)CC(=O)[C@H](C)N(C)C(=O)OC(C)(C)C. The Hall–Kier alpha value is -1.59. The van der Waals surface area contributed by atoms with Gasteiger partial charge in [-0.25, -0.2) is 4.79 Å². The molecule has 0 aromatic heterocycles. The first-order valence-electron chi connectivity index (χ1n) is 5.64. The molecule has 0 aromatic carbocycles. The average Bonchev–Trinajstić information content (AvgIpc) is 2.24. The number of carbonyl (C=O) groups is 3. The molecule has 0 fully saturated rings. The average molecular weight is 259 g/mol. The smallest absolute Gasteiger partial charge is 0.410 e. The van der Waals surface area contributed by atoms with E-state index in [0.29, 0.717) is 0 Å². The maximum absolute atomic E-state index is 11.7. The number of amides is 1. The van der Waals surface area contributed by atoms with Crippen molar-refractivity contribution in [3.8, 4) is 0 Å². The standard InChI is InChI=1S/C12H21NO5/c1-8(9(14)7-10(15)17-6)13(5)11(16)18-12(2,3)4/h8H,7H2,1-6H3/t8-/m0/s1. The Morgan fingerprint density at radius 3 is 2.11 bits per heavy atom. The van der Waals surface area contributed by atoms with Crippen LogP contribution in [0.15, 0.2) is 0 Å². The minimum absolute atomic E-state index is 0.356. The highest BCUT2D eigenvalue weighted by Gasteiger charge is 2.27. The first-order valence-corrected chi connectivity index (χ1v) is 5.64. The van der Waals surface area contributed by atoms with Gasteiger partial charge in [0.2, 0.25) is 0 Å². The van der Waals surface area contributed by atoms with Crippen LogP contribution < -0.4 is 0 Å². The number of methoxy groups -OCH3 is 1. The molecule has 104 valence electrons. The van der Waals surface area contributed by atoms with E-state index in [1.54, 1.807) is 20.8 Å². The van der Waals surface area contributed by atoms with Crippen molar-refractivity contribution in [3.63, 3.8) is 0 Å². The highest BCUT2D eigenvalue weighted by atomic mass is 16.6. The molecule has 0 N–H and O–H groups in total. The molecule has 0 aliphatic heterocycles. The number of ketones is 1. The Morgan fingerprint density at radius 1 is 1.22 bits per heavy atom. The van der Waals surface area contributed by atoms with Crippen molar-refractivity contribution in [1.29, 1.82) is 0 Å². The van der Waals surface area contributed by atoms with Gasteiger partial charge in [-0.2, -0.15) is 0 Å². The number of ether oxygens (including phenoxy) is 2. The number of nitrogens with zero attached hydrogens (tertiary/aromatic N) is 1. The summed E-state index contributed by atoms with van der Waals surface area (Å²) in [5, 5.41) is 0. The zero-order valence-corrected chi connectivity index (χ0v) is 11.8. The summed E-state index contributed by atoms with van der Waals surface area (Å²) < 4.78 is 9.52. The lowest BCUT2D eigenvalue weighted by atomic mass is 10.1. The van der Waals surface area contributed by atoms with Crippen LogP contribution in [-0.2, 0) is 19.1 Å². The van der Waals surface area contributed by atoms with Gasteiger partial charge in [-0.1, -0.05) is 0 Å². The molecule has 0 aliphatic rings. The fraction of sp³-hybridized carbons (Fsp3) is 0.750. The van der Waals surface area contributed by atoms with E-state index >= 15 is 0 Å². The van der Waals surface area contributed by atoms with Gasteiger partial charge in [0, 0.05) is 7.05 Å². The largest absolute Gasteiger partial charge is 0.469 e. The third-order valence-electron chi connectivity index (χ3n) is 2.27. The Kier molecular flexibility index (Phi) is 5.81. The molecule has 0 radical (unpaired) electrons. The molecule has 0 aromatic rings. The second kappa shape index (κ2) is 6.37. The van der Waals surface area contributed by atoms with Crippen LogP contribution >= 0.6 is 0 Å². The van der Waals surface area contributed by atoms with Gasteiger partial charge in [0.1, 0.15) is 12.0 Å². The van der Waals surface area contributed by atoms with Crippen LogP contribution in [0, 0.1) is 0 Å². The molecule has 6 heteroatoms. The van der Waals surface area contributed by atoms with Crippen LogP contribution in [-0.4, -0.2) is 48.5 Å². The second-order valence-corrected chi connectivity index (χ2v) is 4.99. The molecular weight excluding hydrogens is 238 g/mol. The van der Waals surface area contributed by atoms with E-state index in [-0.39, 0.29) is 6.42 Å². The van der Waals surface area contributed by atoms with E-state index < -0.39 is 29.5 Å². The lowest BCUT2D eigenvalue weighted by Gasteiger charge is -2.27. The molecule has 0 unspecified atom stereocenters. The summed E-state index contributed by atoms with van der Waals surface area (Å²) in [4.78, 5) is 35.5. The third kappa shape index (κ3) is 5.65. The number of rotatable bonds is 4. The van der Waals surface area contributed by atoms with Gasteiger partial charge in [0.15, 0.2) is 5.78 Å². The number of esters is 1. The van der Waals surface area contributed by atoms with Crippen LogP contribution in [0.3, 0.4) is 0 Å². The van der Waals surface area contributed by atoms with E-state index in [0.717, 1.165) is 4.90 Å². The van der Waals surface area contributed by atoms with Crippen molar-refractivity contribution < 1.29 is 23.9 Å². The topological polar surface area (TPSA) is 72.9 Å². The van der Waals surface area contributed by atoms with Crippen LogP contribution in [0.2, 0.25) is 0 Å². The number of carbonyl (C=O) groups excluding carboxylic acids is 3. The molecule has 0 heterocycles. The van der Waals surface area contributed by atoms with E-state index in [1.807, 2.05) is 0 Å². The fourth-order valence-electron chi connectivity index (χ4n) is 1.07. The van der Waals surface area contributed by atoms with Gasteiger partial charge in [-0.3, -0.25) is 9.59 Å².